The van der Waals surface area contributed by atoms with E-state index in [0.29, 0.717) is 10.2 Å². The van der Waals surface area contributed by atoms with E-state index >= 15 is 0 Å². The van der Waals surface area contributed by atoms with Gasteiger partial charge in [-0.05, 0) is 17.7 Å². The van der Waals surface area contributed by atoms with E-state index in [-0.39, 0.29) is 23.5 Å². The number of nitrogens with two attached hydrogens (primary N) is 1. The summed E-state index contributed by atoms with van der Waals surface area (Å²) in [6.07, 6.45) is 3.93. The van der Waals surface area contributed by atoms with Crippen molar-refractivity contribution in [1.29, 1.82) is 0 Å². The minimum absolute atomic E-state index is 0.0599. The van der Waals surface area contributed by atoms with Crippen LogP contribution in [-0.2, 0) is 9.53 Å². The molecule has 0 saturated carbocycles. The van der Waals surface area contributed by atoms with Crippen LogP contribution in [0, 0.1) is 5.92 Å². The van der Waals surface area contributed by atoms with Crippen molar-refractivity contribution >= 4 is 17.7 Å². The van der Waals surface area contributed by atoms with Crippen molar-refractivity contribution in [3.8, 4) is 11.4 Å². The minimum atomic E-state index is -2.97. The van der Waals surface area contributed by atoms with Gasteiger partial charge in [-0.3, -0.25) is 9.78 Å². The van der Waals surface area contributed by atoms with Gasteiger partial charge in [0.25, 0.3) is 0 Å². The van der Waals surface area contributed by atoms with Crippen LogP contribution >= 0.6 is 0 Å². The average Bonchev–Trinajstić information content (AvgIpc) is 3.10. The zero-order valence-electron chi connectivity index (χ0n) is 15.7. The fourth-order valence-corrected chi connectivity index (χ4v) is 2.53. The van der Waals surface area contributed by atoms with Crippen molar-refractivity contribution in [2.24, 2.45) is 11.7 Å². The Hall–Kier alpha value is -3.56. The summed E-state index contributed by atoms with van der Waals surface area (Å²) in [6.45, 7) is 5.78. The van der Waals surface area contributed by atoms with Gasteiger partial charge in [0.05, 0.1) is 23.5 Å². The summed E-state index contributed by atoms with van der Waals surface area (Å²) < 4.78 is 32.5. The lowest BCUT2D eigenvalue weighted by molar-refractivity contribution is -0.118. The first-order valence-electron chi connectivity index (χ1n) is 8.60. The first kappa shape index (κ1) is 21.7. The standard InChI is InChI=1S/C19H21F2N5O3/c1-4-6-15(29-19(22)28)12-7-8-23-13(9-12)16-14(10-24-26(16)18(20)21)25-17(27)11(3)5-2/h4-5,7-11,15,18H,1-2,6H2,3H3,(H2,22,28)(H,25,27). The number of amides is 2. The number of ether oxygens (including phenoxy) is 1. The maximum absolute atomic E-state index is 13.5. The number of rotatable bonds is 9. The van der Waals surface area contributed by atoms with Gasteiger partial charge in [0.2, 0.25) is 5.91 Å². The fourth-order valence-electron chi connectivity index (χ4n) is 2.53. The molecule has 2 amide bonds. The number of alkyl halides is 2. The summed E-state index contributed by atoms with van der Waals surface area (Å²) in [7, 11) is 0. The van der Waals surface area contributed by atoms with E-state index in [4.69, 9.17) is 10.5 Å². The number of halogens is 2. The van der Waals surface area contributed by atoms with Gasteiger partial charge in [0.1, 0.15) is 11.8 Å². The summed E-state index contributed by atoms with van der Waals surface area (Å²) >= 11 is 0. The number of carbonyl (C=O) groups is 2. The second kappa shape index (κ2) is 9.58. The van der Waals surface area contributed by atoms with Gasteiger partial charge in [0, 0.05) is 12.6 Å². The molecule has 0 spiro atoms. The Morgan fingerprint density at radius 3 is 2.72 bits per heavy atom. The number of pyridine rings is 1. The summed E-state index contributed by atoms with van der Waals surface area (Å²) in [6, 6.07) is 3.02. The Bertz CT molecular complexity index is 913. The lowest BCUT2D eigenvalue weighted by Crippen LogP contribution is -2.19. The van der Waals surface area contributed by atoms with E-state index in [1.165, 1.54) is 24.4 Å². The maximum Gasteiger partial charge on any atom is 0.405 e. The van der Waals surface area contributed by atoms with Crippen LogP contribution in [-0.4, -0.2) is 26.8 Å². The number of anilines is 1. The van der Waals surface area contributed by atoms with Crippen LogP contribution in [0.4, 0.5) is 19.3 Å². The average molecular weight is 405 g/mol. The quantitative estimate of drug-likeness (QED) is 0.616. The van der Waals surface area contributed by atoms with E-state index in [1.807, 2.05) is 0 Å². The lowest BCUT2D eigenvalue weighted by atomic mass is 10.1. The predicted molar refractivity (Wildman–Crippen MR) is 103 cm³/mol. The number of aromatic nitrogens is 3. The highest BCUT2D eigenvalue weighted by Crippen LogP contribution is 2.32. The molecule has 10 heteroatoms. The van der Waals surface area contributed by atoms with Gasteiger partial charge in [-0.25, -0.2) is 4.79 Å². The summed E-state index contributed by atoms with van der Waals surface area (Å²) in [5.41, 5.74) is 5.63. The summed E-state index contributed by atoms with van der Waals surface area (Å²) in [4.78, 5) is 27.5. The molecule has 0 aliphatic rings. The number of carbonyl (C=O) groups excluding carboxylic acids is 2. The number of primary amides is 1. The Balaban J connectivity index is 2.51. The van der Waals surface area contributed by atoms with Crippen molar-refractivity contribution in [2.45, 2.75) is 26.0 Å². The number of hydrogen-bond donors (Lipinski definition) is 2. The Morgan fingerprint density at radius 1 is 1.41 bits per heavy atom. The van der Waals surface area contributed by atoms with Crippen molar-refractivity contribution in [3.63, 3.8) is 0 Å². The van der Waals surface area contributed by atoms with Crippen LogP contribution < -0.4 is 11.1 Å². The Kier molecular flexibility index (Phi) is 7.18. The van der Waals surface area contributed by atoms with Crippen LogP contribution in [0.5, 0.6) is 0 Å². The smallest absolute Gasteiger partial charge is 0.405 e. The van der Waals surface area contributed by atoms with Gasteiger partial charge < -0.3 is 15.8 Å². The third kappa shape index (κ3) is 5.24. The van der Waals surface area contributed by atoms with Crippen LogP contribution in [0.15, 0.2) is 49.8 Å². The first-order chi connectivity index (χ1) is 13.8. The van der Waals surface area contributed by atoms with E-state index < -0.39 is 30.6 Å². The Labute approximate surface area is 166 Å². The molecule has 0 bridgehead atoms. The highest BCUT2D eigenvalue weighted by molar-refractivity contribution is 5.96. The van der Waals surface area contributed by atoms with E-state index in [0.717, 1.165) is 6.20 Å². The van der Waals surface area contributed by atoms with Gasteiger partial charge >= 0.3 is 12.6 Å². The Morgan fingerprint density at radius 2 is 2.14 bits per heavy atom. The molecule has 2 atom stereocenters. The minimum Gasteiger partial charge on any atom is -0.441 e. The second-order valence-corrected chi connectivity index (χ2v) is 6.07. The lowest BCUT2D eigenvalue weighted by Gasteiger charge is -2.17. The zero-order chi connectivity index (χ0) is 21.6. The maximum atomic E-state index is 13.5. The molecular weight excluding hydrogens is 384 g/mol. The van der Waals surface area contributed by atoms with Crippen LogP contribution in [0.2, 0.25) is 0 Å². The molecule has 0 fully saturated rings. The number of nitrogens with zero attached hydrogens (tertiary/aromatic N) is 3. The van der Waals surface area contributed by atoms with E-state index in [1.54, 1.807) is 13.0 Å². The molecule has 0 aliphatic heterocycles. The van der Waals surface area contributed by atoms with Crippen LogP contribution in [0.3, 0.4) is 0 Å². The molecule has 3 N–H and O–H groups in total. The van der Waals surface area contributed by atoms with Crippen molar-refractivity contribution < 1.29 is 23.1 Å². The van der Waals surface area contributed by atoms with Crippen LogP contribution in [0.1, 0.15) is 31.6 Å². The number of hydrogen-bond acceptors (Lipinski definition) is 5. The van der Waals surface area contributed by atoms with Gasteiger partial charge in [-0.1, -0.05) is 19.1 Å². The molecular formula is C19H21F2N5O3. The zero-order valence-corrected chi connectivity index (χ0v) is 15.7. The molecule has 154 valence electrons. The number of nitrogens with one attached hydrogen (secondary N) is 1. The molecule has 29 heavy (non-hydrogen) atoms. The molecule has 8 nitrogen and oxygen atoms in total. The summed E-state index contributed by atoms with van der Waals surface area (Å²) in [5.74, 6) is -0.981. The van der Waals surface area contributed by atoms with E-state index in [9.17, 15) is 18.4 Å². The molecule has 2 aromatic rings. The molecule has 2 unspecified atom stereocenters. The molecule has 2 aromatic heterocycles. The van der Waals surface area contributed by atoms with Crippen LogP contribution in [0.25, 0.3) is 11.4 Å². The summed E-state index contributed by atoms with van der Waals surface area (Å²) in [5, 5.41) is 6.21. The highest BCUT2D eigenvalue weighted by Gasteiger charge is 2.23. The van der Waals surface area contributed by atoms with Crippen molar-refractivity contribution in [3.05, 3.63) is 55.4 Å². The van der Waals surface area contributed by atoms with Crippen molar-refractivity contribution in [2.75, 3.05) is 5.32 Å². The predicted octanol–water partition coefficient (Wildman–Crippen LogP) is 3.81. The third-order valence-corrected chi connectivity index (χ3v) is 4.04. The normalized spacial score (nSPS) is 12.8. The molecule has 2 heterocycles. The molecule has 0 saturated heterocycles. The fraction of sp³-hybridized carbons (Fsp3) is 0.263. The topological polar surface area (TPSA) is 112 Å². The van der Waals surface area contributed by atoms with E-state index in [2.05, 4.69) is 28.6 Å². The van der Waals surface area contributed by atoms with Gasteiger partial charge in [-0.2, -0.15) is 18.6 Å². The molecule has 0 aliphatic carbocycles. The monoisotopic (exact) mass is 405 g/mol. The van der Waals surface area contributed by atoms with Gasteiger partial charge in [-0.15, -0.1) is 13.2 Å². The first-order valence-corrected chi connectivity index (χ1v) is 8.60. The third-order valence-electron chi connectivity index (χ3n) is 4.04. The van der Waals surface area contributed by atoms with Crippen molar-refractivity contribution in [1.82, 2.24) is 14.8 Å². The SMILES string of the molecule is C=CCC(OC(N)=O)c1ccnc(-c2c(NC(=O)C(C)C=C)cnn2C(F)F)c1. The highest BCUT2D eigenvalue weighted by atomic mass is 19.3. The van der Waals surface area contributed by atoms with Gasteiger partial charge in [0.15, 0.2) is 0 Å². The molecule has 0 aromatic carbocycles. The largest absolute Gasteiger partial charge is 0.441 e. The second-order valence-electron chi connectivity index (χ2n) is 6.07. The molecule has 0 radical (unpaired) electrons. The molecule has 2 rings (SSSR count).